The lowest BCUT2D eigenvalue weighted by molar-refractivity contribution is -0.384. The Labute approximate surface area is 121 Å². The summed E-state index contributed by atoms with van der Waals surface area (Å²) in [6, 6.07) is 3.79. The molecule has 0 aromatic heterocycles. The fourth-order valence-corrected chi connectivity index (χ4v) is 1.67. The molecule has 0 fully saturated rings. The van der Waals surface area contributed by atoms with E-state index in [1.165, 1.54) is 12.1 Å². The quantitative estimate of drug-likeness (QED) is 0.478. The lowest BCUT2D eigenvalue weighted by atomic mass is 10.1. The minimum atomic E-state index is -1.55. The lowest BCUT2D eigenvalue weighted by Gasteiger charge is -2.06. The third-order valence-corrected chi connectivity index (χ3v) is 2.87. The number of aliphatic carboxylic acids is 2. The van der Waals surface area contributed by atoms with E-state index < -0.39 is 34.2 Å². The number of rotatable bonds is 5. The monoisotopic (exact) mass is 344 g/mol. The van der Waals surface area contributed by atoms with E-state index in [1.54, 1.807) is 0 Å². The van der Waals surface area contributed by atoms with Crippen LogP contribution in [-0.2, 0) is 9.59 Å². The van der Waals surface area contributed by atoms with Gasteiger partial charge >= 0.3 is 11.9 Å². The van der Waals surface area contributed by atoms with Gasteiger partial charge in [0, 0.05) is 10.5 Å². The molecule has 0 bridgehead atoms. The van der Waals surface area contributed by atoms with E-state index >= 15 is 0 Å². The standard InChI is InChI=1S/C11H9BrN2O6/c1-5(10(15)16)9(11(17)18)13-7-4-6(12)2-3-8(7)14(19)20/h2-5H,1H3,(H,15,16)(H,17,18). The predicted octanol–water partition coefficient (Wildman–Crippen LogP) is 2.24. The van der Waals surface area contributed by atoms with E-state index in [-0.39, 0.29) is 5.69 Å². The highest BCUT2D eigenvalue weighted by molar-refractivity contribution is 9.10. The van der Waals surface area contributed by atoms with Gasteiger partial charge in [-0.1, -0.05) is 15.9 Å². The zero-order chi connectivity index (χ0) is 15.4. The molecule has 0 spiro atoms. The van der Waals surface area contributed by atoms with E-state index in [2.05, 4.69) is 20.9 Å². The third-order valence-electron chi connectivity index (χ3n) is 2.37. The Bertz CT molecular complexity index is 613. The van der Waals surface area contributed by atoms with Crippen LogP contribution >= 0.6 is 15.9 Å². The van der Waals surface area contributed by atoms with Crippen LogP contribution in [0.1, 0.15) is 6.92 Å². The van der Waals surface area contributed by atoms with Crippen LogP contribution in [0, 0.1) is 16.0 Å². The minimum absolute atomic E-state index is 0.227. The maximum atomic E-state index is 11.0. The van der Waals surface area contributed by atoms with Gasteiger partial charge in [0.05, 0.1) is 4.92 Å². The Morgan fingerprint density at radius 1 is 1.40 bits per heavy atom. The van der Waals surface area contributed by atoms with E-state index in [9.17, 15) is 19.7 Å². The number of halogens is 1. The molecule has 0 heterocycles. The summed E-state index contributed by atoms with van der Waals surface area (Å²) in [5, 5.41) is 28.6. The molecule has 9 heteroatoms. The summed E-state index contributed by atoms with van der Waals surface area (Å²) in [7, 11) is 0. The molecule has 0 radical (unpaired) electrons. The number of hydrogen-bond donors (Lipinski definition) is 2. The maximum Gasteiger partial charge on any atom is 0.351 e. The van der Waals surface area contributed by atoms with Crippen molar-refractivity contribution in [2.45, 2.75) is 6.92 Å². The van der Waals surface area contributed by atoms with Gasteiger partial charge in [0.25, 0.3) is 5.69 Å². The molecule has 8 nitrogen and oxygen atoms in total. The summed E-state index contributed by atoms with van der Waals surface area (Å²) in [5.74, 6) is -4.33. The van der Waals surface area contributed by atoms with Crippen molar-refractivity contribution in [3.8, 4) is 0 Å². The van der Waals surface area contributed by atoms with Crippen molar-refractivity contribution in [1.29, 1.82) is 0 Å². The number of carbonyl (C=O) groups is 2. The van der Waals surface area contributed by atoms with Crippen molar-refractivity contribution >= 4 is 45.0 Å². The third kappa shape index (κ3) is 3.60. The Balaban J connectivity index is 3.44. The molecule has 1 unspecified atom stereocenters. The average molecular weight is 345 g/mol. The Hall–Kier alpha value is -2.29. The van der Waals surface area contributed by atoms with Gasteiger partial charge in [-0.2, -0.15) is 0 Å². The number of nitro benzene ring substituents is 1. The van der Waals surface area contributed by atoms with E-state index in [0.717, 1.165) is 13.0 Å². The Kier molecular flexibility index (Phi) is 4.92. The fraction of sp³-hybridized carbons (Fsp3) is 0.182. The van der Waals surface area contributed by atoms with Crippen molar-refractivity contribution in [2.75, 3.05) is 0 Å². The van der Waals surface area contributed by atoms with Crippen LogP contribution < -0.4 is 0 Å². The number of nitrogens with zero attached hydrogens (tertiary/aromatic N) is 2. The van der Waals surface area contributed by atoms with Crippen LogP contribution in [0.25, 0.3) is 0 Å². The van der Waals surface area contributed by atoms with Gasteiger partial charge in [-0.25, -0.2) is 9.79 Å². The van der Waals surface area contributed by atoms with Gasteiger partial charge < -0.3 is 10.2 Å². The van der Waals surface area contributed by atoms with Crippen molar-refractivity contribution < 1.29 is 24.7 Å². The molecule has 20 heavy (non-hydrogen) atoms. The van der Waals surface area contributed by atoms with E-state index in [4.69, 9.17) is 10.2 Å². The normalized spacial score (nSPS) is 12.8. The number of nitro groups is 1. The van der Waals surface area contributed by atoms with Gasteiger partial charge in [-0.15, -0.1) is 0 Å². The van der Waals surface area contributed by atoms with Crippen LogP contribution in [0.15, 0.2) is 27.7 Å². The van der Waals surface area contributed by atoms with E-state index in [0.29, 0.717) is 4.47 Å². The Morgan fingerprint density at radius 2 is 2.00 bits per heavy atom. The van der Waals surface area contributed by atoms with Gasteiger partial charge in [-0.05, 0) is 19.1 Å². The first-order valence-corrected chi connectivity index (χ1v) is 6.02. The summed E-state index contributed by atoms with van der Waals surface area (Å²) in [6.07, 6.45) is 0. The second-order valence-electron chi connectivity index (χ2n) is 3.75. The number of hydrogen-bond acceptors (Lipinski definition) is 5. The van der Waals surface area contributed by atoms with Crippen molar-refractivity contribution in [2.24, 2.45) is 10.9 Å². The van der Waals surface area contributed by atoms with Crippen LogP contribution in [0.3, 0.4) is 0 Å². The molecule has 0 saturated heterocycles. The molecular weight excluding hydrogens is 336 g/mol. The summed E-state index contributed by atoms with van der Waals surface area (Å²) < 4.78 is 0.453. The molecule has 2 N–H and O–H groups in total. The predicted molar refractivity (Wildman–Crippen MR) is 72.3 cm³/mol. The molecule has 106 valence electrons. The average Bonchev–Trinajstić information content (AvgIpc) is 2.34. The van der Waals surface area contributed by atoms with Crippen molar-refractivity contribution in [3.63, 3.8) is 0 Å². The first-order valence-electron chi connectivity index (χ1n) is 5.22. The molecular formula is C11H9BrN2O6. The SMILES string of the molecule is CC(C(=O)O)C(=Nc1cc(Br)ccc1[N+](=O)[O-])C(=O)O. The van der Waals surface area contributed by atoms with Crippen molar-refractivity contribution in [3.05, 3.63) is 32.8 Å². The maximum absolute atomic E-state index is 11.0. The second-order valence-corrected chi connectivity index (χ2v) is 4.67. The highest BCUT2D eigenvalue weighted by atomic mass is 79.9. The molecule has 1 atom stereocenters. The van der Waals surface area contributed by atoms with Crippen LogP contribution in [0.4, 0.5) is 11.4 Å². The molecule has 0 aliphatic carbocycles. The van der Waals surface area contributed by atoms with Gasteiger partial charge in [0.15, 0.2) is 0 Å². The van der Waals surface area contributed by atoms with Crippen molar-refractivity contribution in [1.82, 2.24) is 0 Å². The number of carboxylic acid groups (broad SMARTS) is 2. The lowest BCUT2D eigenvalue weighted by Crippen LogP contribution is -2.27. The first kappa shape index (κ1) is 15.8. The highest BCUT2D eigenvalue weighted by Crippen LogP contribution is 2.31. The smallest absolute Gasteiger partial charge is 0.351 e. The highest BCUT2D eigenvalue weighted by Gasteiger charge is 2.26. The van der Waals surface area contributed by atoms with Crippen LogP contribution in [0.2, 0.25) is 0 Å². The Morgan fingerprint density at radius 3 is 2.45 bits per heavy atom. The van der Waals surface area contributed by atoms with Gasteiger partial charge in [0.1, 0.15) is 17.3 Å². The van der Waals surface area contributed by atoms with E-state index in [1.807, 2.05) is 0 Å². The summed E-state index contributed by atoms with van der Waals surface area (Å²) in [4.78, 5) is 35.6. The summed E-state index contributed by atoms with van der Waals surface area (Å²) in [6.45, 7) is 1.14. The summed E-state index contributed by atoms with van der Waals surface area (Å²) in [5.41, 5.74) is -1.32. The number of aliphatic imine (C=N–C) groups is 1. The zero-order valence-electron chi connectivity index (χ0n) is 10.1. The van der Waals surface area contributed by atoms with Crippen LogP contribution in [-0.4, -0.2) is 32.8 Å². The fourth-order valence-electron chi connectivity index (χ4n) is 1.32. The minimum Gasteiger partial charge on any atom is -0.481 e. The molecule has 0 aliphatic heterocycles. The largest absolute Gasteiger partial charge is 0.481 e. The molecule has 1 aromatic rings. The topological polar surface area (TPSA) is 130 Å². The number of carboxylic acids is 2. The zero-order valence-corrected chi connectivity index (χ0v) is 11.7. The molecule has 0 saturated carbocycles. The van der Waals surface area contributed by atoms with Crippen LogP contribution in [0.5, 0.6) is 0 Å². The molecule has 1 rings (SSSR count). The first-order chi connectivity index (χ1) is 9.23. The second kappa shape index (κ2) is 6.24. The summed E-state index contributed by atoms with van der Waals surface area (Å²) >= 11 is 3.08. The number of benzene rings is 1. The molecule has 0 amide bonds. The molecule has 0 aliphatic rings. The molecule has 1 aromatic carbocycles. The van der Waals surface area contributed by atoms with Gasteiger partial charge in [0.2, 0.25) is 0 Å². The van der Waals surface area contributed by atoms with Gasteiger partial charge in [-0.3, -0.25) is 14.9 Å².